The smallest absolute Gasteiger partial charge is 0.243 e. The molecule has 0 saturated heterocycles. The molecule has 2 aromatic rings. The Bertz CT molecular complexity index is 636. The molecule has 0 radical (unpaired) electrons. The Balaban J connectivity index is 2.18. The fourth-order valence-electron chi connectivity index (χ4n) is 2.10. The SMILES string of the molecule is COCC(N)C(=O)Nc1cccc(-n2nc(C)cc2C)c1. The summed E-state index contributed by atoms with van der Waals surface area (Å²) in [6.45, 7) is 4.11. The quantitative estimate of drug-likeness (QED) is 0.871. The Labute approximate surface area is 123 Å². The molecule has 0 aliphatic carbocycles. The van der Waals surface area contributed by atoms with E-state index in [2.05, 4.69) is 10.4 Å². The first-order valence-corrected chi connectivity index (χ1v) is 6.70. The first-order valence-electron chi connectivity index (χ1n) is 6.70. The van der Waals surface area contributed by atoms with Gasteiger partial charge >= 0.3 is 0 Å². The van der Waals surface area contributed by atoms with Crippen molar-refractivity contribution < 1.29 is 9.53 Å². The lowest BCUT2D eigenvalue weighted by atomic mass is 10.2. The third kappa shape index (κ3) is 3.68. The number of aryl methyl sites for hydroxylation is 2. The van der Waals surface area contributed by atoms with Gasteiger partial charge in [-0.25, -0.2) is 4.68 Å². The zero-order valence-corrected chi connectivity index (χ0v) is 12.5. The molecule has 6 heteroatoms. The number of rotatable bonds is 5. The van der Waals surface area contributed by atoms with E-state index in [1.165, 1.54) is 7.11 Å². The summed E-state index contributed by atoms with van der Waals surface area (Å²) >= 11 is 0. The first kappa shape index (κ1) is 15.2. The molecule has 1 atom stereocenters. The molecular formula is C15H20N4O2. The maximum absolute atomic E-state index is 11.9. The molecule has 0 aliphatic heterocycles. The predicted octanol–water partition coefficient (Wildman–Crippen LogP) is 1.40. The van der Waals surface area contributed by atoms with Crippen LogP contribution in [0.25, 0.3) is 5.69 Å². The van der Waals surface area contributed by atoms with Crippen LogP contribution in [0, 0.1) is 13.8 Å². The first-order chi connectivity index (χ1) is 10.0. The van der Waals surface area contributed by atoms with E-state index in [1.54, 1.807) is 0 Å². The van der Waals surface area contributed by atoms with Gasteiger partial charge in [0.25, 0.3) is 0 Å². The van der Waals surface area contributed by atoms with E-state index >= 15 is 0 Å². The fraction of sp³-hybridized carbons (Fsp3) is 0.333. The average molecular weight is 288 g/mol. The summed E-state index contributed by atoms with van der Waals surface area (Å²) in [5.74, 6) is -0.276. The molecule has 0 aliphatic rings. The Morgan fingerprint density at radius 2 is 2.19 bits per heavy atom. The number of carbonyl (C=O) groups is 1. The number of carbonyl (C=O) groups excluding carboxylic acids is 1. The van der Waals surface area contributed by atoms with Crippen LogP contribution in [-0.2, 0) is 9.53 Å². The number of nitrogens with two attached hydrogens (primary N) is 1. The number of ether oxygens (including phenoxy) is 1. The monoisotopic (exact) mass is 288 g/mol. The molecule has 21 heavy (non-hydrogen) atoms. The standard InChI is InChI=1S/C15H20N4O2/c1-10-7-11(2)19(18-10)13-6-4-5-12(8-13)17-15(20)14(16)9-21-3/h4-8,14H,9,16H2,1-3H3,(H,17,20). The highest BCUT2D eigenvalue weighted by Gasteiger charge is 2.13. The van der Waals surface area contributed by atoms with Gasteiger partial charge < -0.3 is 15.8 Å². The van der Waals surface area contributed by atoms with Crippen LogP contribution >= 0.6 is 0 Å². The van der Waals surface area contributed by atoms with Crippen LogP contribution in [0.2, 0.25) is 0 Å². The van der Waals surface area contributed by atoms with Crippen molar-refractivity contribution in [1.82, 2.24) is 9.78 Å². The number of methoxy groups -OCH3 is 1. The van der Waals surface area contributed by atoms with E-state index < -0.39 is 6.04 Å². The van der Waals surface area contributed by atoms with Gasteiger partial charge in [0.15, 0.2) is 0 Å². The fourth-order valence-corrected chi connectivity index (χ4v) is 2.10. The molecule has 3 N–H and O–H groups in total. The highest BCUT2D eigenvalue weighted by atomic mass is 16.5. The number of nitrogens with zero attached hydrogens (tertiary/aromatic N) is 2. The van der Waals surface area contributed by atoms with Crippen molar-refractivity contribution in [1.29, 1.82) is 0 Å². The zero-order valence-electron chi connectivity index (χ0n) is 12.5. The molecule has 0 saturated carbocycles. The van der Waals surface area contributed by atoms with E-state index in [9.17, 15) is 4.79 Å². The van der Waals surface area contributed by atoms with Crippen molar-refractivity contribution in [2.24, 2.45) is 5.73 Å². The van der Waals surface area contributed by atoms with Crippen molar-refractivity contribution in [2.45, 2.75) is 19.9 Å². The van der Waals surface area contributed by atoms with Crippen LogP contribution < -0.4 is 11.1 Å². The van der Waals surface area contributed by atoms with E-state index in [1.807, 2.05) is 48.9 Å². The van der Waals surface area contributed by atoms with Crippen molar-refractivity contribution >= 4 is 11.6 Å². The van der Waals surface area contributed by atoms with Crippen LogP contribution in [-0.4, -0.2) is 35.4 Å². The van der Waals surface area contributed by atoms with Crippen molar-refractivity contribution in [2.75, 3.05) is 19.0 Å². The molecule has 0 bridgehead atoms. The lowest BCUT2D eigenvalue weighted by Crippen LogP contribution is -2.39. The predicted molar refractivity (Wildman–Crippen MR) is 81.5 cm³/mol. The summed E-state index contributed by atoms with van der Waals surface area (Å²) in [4.78, 5) is 11.9. The Morgan fingerprint density at radius 3 is 2.81 bits per heavy atom. The van der Waals surface area contributed by atoms with Gasteiger partial charge in [-0.15, -0.1) is 0 Å². The minimum atomic E-state index is -0.688. The Hall–Kier alpha value is -2.18. The largest absolute Gasteiger partial charge is 0.383 e. The highest BCUT2D eigenvalue weighted by Crippen LogP contribution is 2.16. The molecule has 112 valence electrons. The number of anilines is 1. The Morgan fingerprint density at radius 1 is 1.43 bits per heavy atom. The van der Waals surface area contributed by atoms with Crippen LogP contribution in [0.1, 0.15) is 11.4 Å². The molecule has 1 aromatic heterocycles. The minimum Gasteiger partial charge on any atom is -0.383 e. The number of hydrogen-bond acceptors (Lipinski definition) is 4. The van der Waals surface area contributed by atoms with Crippen molar-refractivity contribution in [3.63, 3.8) is 0 Å². The van der Waals surface area contributed by atoms with Gasteiger partial charge in [-0.3, -0.25) is 4.79 Å². The van der Waals surface area contributed by atoms with Gasteiger partial charge in [0, 0.05) is 18.5 Å². The number of hydrogen-bond donors (Lipinski definition) is 2. The lowest BCUT2D eigenvalue weighted by Gasteiger charge is -2.12. The Kier molecular flexibility index (Phi) is 4.72. The van der Waals surface area contributed by atoms with Crippen molar-refractivity contribution in [3.05, 3.63) is 41.7 Å². The number of benzene rings is 1. The molecule has 1 aromatic carbocycles. The molecule has 1 unspecified atom stereocenters. The number of nitrogens with one attached hydrogen (secondary N) is 1. The van der Waals surface area contributed by atoms with Crippen LogP contribution in [0.4, 0.5) is 5.69 Å². The van der Waals surface area contributed by atoms with E-state index in [4.69, 9.17) is 10.5 Å². The maximum Gasteiger partial charge on any atom is 0.243 e. The molecule has 1 amide bonds. The van der Waals surface area contributed by atoms with E-state index in [0.717, 1.165) is 17.1 Å². The molecule has 6 nitrogen and oxygen atoms in total. The summed E-state index contributed by atoms with van der Waals surface area (Å²) < 4.78 is 6.71. The topological polar surface area (TPSA) is 82.2 Å². The van der Waals surface area contributed by atoms with Gasteiger partial charge in [0.2, 0.25) is 5.91 Å². The zero-order chi connectivity index (χ0) is 15.4. The average Bonchev–Trinajstić information content (AvgIpc) is 2.78. The molecule has 2 rings (SSSR count). The number of aromatic nitrogens is 2. The van der Waals surface area contributed by atoms with E-state index in [0.29, 0.717) is 5.69 Å². The van der Waals surface area contributed by atoms with Gasteiger partial charge in [-0.05, 0) is 38.1 Å². The second-order valence-electron chi connectivity index (χ2n) is 4.94. The minimum absolute atomic E-state index is 0.184. The lowest BCUT2D eigenvalue weighted by molar-refractivity contribution is -0.118. The van der Waals surface area contributed by atoms with Crippen LogP contribution in [0.5, 0.6) is 0 Å². The maximum atomic E-state index is 11.9. The third-order valence-electron chi connectivity index (χ3n) is 3.05. The summed E-state index contributed by atoms with van der Waals surface area (Å²) in [5, 5.41) is 7.20. The molecular weight excluding hydrogens is 268 g/mol. The van der Waals surface area contributed by atoms with Crippen LogP contribution in [0.15, 0.2) is 30.3 Å². The summed E-state index contributed by atoms with van der Waals surface area (Å²) in [6, 6.07) is 8.78. The molecule has 0 fully saturated rings. The summed E-state index contributed by atoms with van der Waals surface area (Å²) in [7, 11) is 1.51. The van der Waals surface area contributed by atoms with Crippen molar-refractivity contribution in [3.8, 4) is 5.69 Å². The van der Waals surface area contributed by atoms with Gasteiger partial charge in [-0.1, -0.05) is 6.07 Å². The molecule has 1 heterocycles. The third-order valence-corrected chi connectivity index (χ3v) is 3.05. The van der Waals surface area contributed by atoms with Gasteiger partial charge in [0.05, 0.1) is 18.0 Å². The van der Waals surface area contributed by atoms with Gasteiger partial charge in [-0.2, -0.15) is 5.10 Å². The summed E-state index contributed by atoms with van der Waals surface area (Å²) in [5.41, 5.74) is 9.25. The van der Waals surface area contributed by atoms with Crippen LogP contribution in [0.3, 0.4) is 0 Å². The summed E-state index contributed by atoms with van der Waals surface area (Å²) in [6.07, 6.45) is 0. The second kappa shape index (κ2) is 6.51. The number of amides is 1. The second-order valence-corrected chi connectivity index (χ2v) is 4.94. The van der Waals surface area contributed by atoms with Gasteiger partial charge in [0.1, 0.15) is 6.04 Å². The molecule has 0 spiro atoms. The highest BCUT2D eigenvalue weighted by molar-refractivity contribution is 5.95. The normalized spacial score (nSPS) is 12.2. The van der Waals surface area contributed by atoms with E-state index in [-0.39, 0.29) is 12.5 Å².